The van der Waals surface area contributed by atoms with Gasteiger partial charge in [0, 0.05) is 32.2 Å². The summed E-state index contributed by atoms with van der Waals surface area (Å²) in [5, 5.41) is 3.64. The lowest BCUT2D eigenvalue weighted by Gasteiger charge is -2.35. The molecule has 6 heteroatoms. The van der Waals surface area contributed by atoms with Gasteiger partial charge in [-0.1, -0.05) is 17.3 Å². The zero-order valence-electron chi connectivity index (χ0n) is 10.8. The van der Waals surface area contributed by atoms with Crippen molar-refractivity contribution in [1.82, 2.24) is 10.1 Å². The normalized spacial score (nSPS) is 15.4. The summed E-state index contributed by atoms with van der Waals surface area (Å²) < 4.78 is 18.4. The number of hydrogen-bond acceptors (Lipinski definition) is 4. The summed E-state index contributed by atoms with van der Waals surface area (Å²) in [5.41, 5.74) is 0.894. The van der Waals surface area contributed by atoms with Crippen molar-refractivity contribution in [1.29, 1.82) is 0 Å². The van der Waals surface area contributed by atoms with Gasteiger partial charge in [0.05, 0.1) is 5.69 Å². The molecular formula is C14H14FN3O2. The van der Waals surface area contributed by atoms with Crippen molar-refractivity contribution in [3.05, 3.63) is 48.1 Å². The molecule has 5 nitrogen and oxygen atoms in total. The molecule has 1 saturated heterocycles. The molecule has 2 heterocycles. The second kappa shape index (κ2) is 5.32. The molecule has 1 fully saturated rings. The molecule has 104 valence electrons. The van der Waals surface area contributed by atoms with Crippen molar-refractivity contribution >= 4 is 11.6 Å². The monoisotopic (exact) mass is 275 g/mol. The maximum atomic E-state index is 13.7. The number of hydrogen-bond donors (Lipinski definition) is 0. The molecule has 0 radical (unpaired) electrons. The summed E-state index contributed by atoms with van der Waals surface area (Å²) >= 11 is 0. The molecular weight excluding hydrogens is 261 g/mol. The average Bonchev–Trinajstić information content (AvgIpc) is 3.01. The van der Waals surface area contributed by atoms with Crippen LogP contribution in [0.3, 0.4) is 0 Å². The van der Waals surface area contributed by atoms with Gasteiger partial charge < -0.3 is 14.3 Å². The van der Waals surface area contributed by atoms with E-state index in [0.29, 0.717) is 37.6 Å². The molecule has 0 atom stereocenters. The largest absolute Gasteiger partial charge is 0.366 e. The molecule has 0 saturated carbocycles. The fourth-order valence-corrected chi connectivity index (χ4v) is 2.34. The second-order valence-electron chi connectivity index (χ2n) is 4.62. The lowest BCUT2D eigenvalue weighted by Crippen LogP contribution is -2.49. The number of carbonyl (C=O) groups is 1. The van der Waals surface area contributed by atoms with E-state index in [1.807, 2.05) is 11.0 Å². The van der Waals surface area contributed by atoms with Crippen LogP contribution in [0.2, 0.25) is 0 Å². The van der Waals surface area contributed by atoms with E-state index in [4.69, 9.17) is 0 Å². The highest BCUT2D eigenvalue weighted by Crippen LogP contribution is 2.20. The summed E-state index contributed by atoms with van der Waals surface area (Å²) in [6.07, 6.45) is 1.38. The van der Waals surface area contributed by atoms with Crippen LogP contribution in [0, 0.1) is 5.82 Å². The lowest BCUT2D eigenvalue weighted by molar-refractivity contribution is 0.0736. The van der Waals surface area contributed by atoms with Gasteiger partial charge in [0.1, 0.15) is 12.1 Å². The van der Waals surface area contributed by atoms with Gasteiger partial charge in [0.25, 0.3) is 5.91 Å². The Kier molecular flexibility index (Phi) is 3.37. The minimum atomic E-state index is -0.233. The Bertz CT molecular complexity index is 592. The van der Waals surface area contributed by atoms with E-state index in [2.05, 4.69) is 9.68 Å². The first-order chi connectivity index (χ1) is 9.75. The molecule has 0 aliphatic carbocycles. The van der Waals surface area contributed by atoms with Crippen LogP contribution in [0.25, 0.3) is 0 Å². The smallest absolute Gasteiger partial charge is 0.276 e. The first kappa shape index (κ1) is 12.7. The van der Waals surface area contributed by atoms with Crippen LogP contribution in [0.5, 0.6) is 0 Å². The van der Waals surface area contributed by atoms with E-state index in [1.54, 1.807) is 23.1 Å². The Morgan fingerprint density at radius 2 is 1.90 bits per heavy atom. The standard InChI is InChI=1S/C14H14FN3O2/c15-11-3-1-2-4-13(11)17-6-8-18(9-7-17)14(19)12-5-10-20-16-12/h1-5,10H,6-9H2. The van der Waals surface area contributed by atoms with Crippen molar-refractivity contribution in [3.63, 3.8) is 0 Å². The minimum Gasteiger partial charge on any atom is -0.366 e. The molecule has 0 N–H and O–H groups in total. The van der Waals surface area contributed by atoms with Crippen LogP contribution in [-0.2, 0) is 0 Å². The number of rotatable bonds is 2. The van der Waals surface area contributed by atoms with Crippen LogP contribution in [0.1, 0.15) is 10.5 Å². The van der Waals surface area contributed by atoms with Gasteiger partial charge in [-0.05, 0) is 12.1 Å². The molecule has 2 aromatic rings. The zero-order valence-corrected chi connectivity index (χ0v) is 10.8. The lowest BCUT2D eigenvalue weighted by atomic mass is 10.2. The number of amides is 1. The average molecular weight is 275 g/mol. The Hall–Kier alpha value is -2.37. The molecule has 1 amide bonds. The number of benzene rings is 1. The second-order valence-corrected chi connectivity index (χ2v) is 4.62. The quantitative estimate of drug-likeness (QED) is 0.838. The predicted molar refractivity (Wildman–Crippen MR) is 71.0 cm³/mol. The summed E-state index contributed by atoms with van der Waals surface area (Å²) in [4.78, 5) is 15.7. The predicted octanol–water partition coefficient (Wildman–Crippen LogP) is 1.78. The fourth-order valence-electron chi connectivity index (χ4n) is 2.34. The number of halogens is 1. The van der Waals surface area contributed by atoms with Gasteiger partial charge in [0.15, 0.2) is 5.69 Å². The molecule has 0 bridgehead atoms. The van der Waals surface area contributed by atoms with Crippen molar-refractivity contribution < 1.29 is 13.7 Å². The third-order valence-electron chi connectivity index (χ3n) is 3.42. The van der Waals surface area contributed by atoms with E-state index < -0.39 is 0 Å². The van der Waals surface area contributed by atoms with E-state index in [-0.39, 0.29) is 11.7 Å². The van der Waals surface area contributed by atoms with Crippen molar-refractivity contribution in [2.75, 3.05) is 31.1 Å². The van der Waals surface area contributed by atoms with Crippen molar-refractivity contribution in [3.8, 4) is 0 Å². The van der Waals surface area contributed by atoms with E-state index in [0.717, 1.165) is 0 Å². The first-order valence-corrected chi connectivity index (χ1v) is 6.45. The Morgan fingerprint density at radius 3 is 2.55 bits per heavy atom. The topological polar surface area (TPSA) is 49.6 Å². The molecule has 1 aliphatic heterocycles. The molecule has 0 unspecified atom stereocenters. The maximum Gasteiger partial charge on any atom is 0.276 e. The van der Waals surface area contributed by atoms with Crippen LogP contribution >= 0.6 is 0 Å². The summed E-state index contributed by atoms with van der Waals surface area (Å²) in [6, 6.07) is 8.23. The molecule has 1 aliphatic rings. The van der Waals surface area contributed by atoms with Gasteiger partial charge in [-0.2, -0.15) is 0 Å². The van der Waals surface area contributed by atoms with Crippen molar-refractivity contribution in [2.45, 2.75) is 0 Å². The Morgan fingerprint density at radius 1 is 1.15 bits per heavy atom. The van der Waals surface area contributed by atoms with Crippen LogP contribution in [-0.4, -0.2) is 42.1 Å². The first-order valence-electron chi connectivity index (χ1n) is 6.45. The number of piperazine rings is 1. The number of nitrogens with zero attached hydrogens (tertiary/aromatic N) is 3. The van der Waals surface area contributed by atoms with Gasteiger partial charge in [-0.25, -0.2) is 4.39 Å². The molecule has 0 spiro atoms. The van der Waals surface area contributed by atoms with Gasteiger partial charge in [-0.15, -0.1) is 0 Å². The molecule has 3 rings (SSSR count). The summed E-state index contributed by atoms with van der Waals surface area (Å²) in [7, 11) is 0. The SMILES string of the molecule is O=C(c1ccon1)N1CCN(c2ccccc2F)CC1. The number of aromatic nitrogens is 1. The highest BCUT2D eigenvalue weighted by molar-refractivity contribution is 5.92. The van der Waals surface area contributed by atoms with Crippen LogP contribution in [0.15, 0.2) is 41.1 Å². The molecule has 20 heavy (non-hydrogen) atoms. The molecule has 1 aromatic heterocycles. The number of carbonyl (C=O) groups excluding carboxylic acids is 1. The van der Waals surface area contributed by atoms with E-state index in [9.17, 15) is 9.18 Å². The van der Waals surface area contributed by atoms with Gasteiger partial charge >= 0.3 is 0 Å². The fraction of sp³-hybridized carbons (Fsp3) is 0.286. The zero-order chi connectivity index (χ0) is 13.9. The maximum absolute atomic E-state index is 13.7. The van der Waals surface area contributed by atoms with Crippen LogP contribution < -0.4 is 4.90 Å². The number of para-hydroxylation sites is 1. The summed E-state index contributed by atoms with van der Waals surface area (Å²) in [6.45, 7) is 2.29. The highest BCUT2D eigenvalue weighted by Gasteiger charge is 2.24. The molecule has 1 aromatic carbocycles. The Labute approximate surface area is 115 Å². The van der Waals surface area contributed by atoms with Gasteiger partial charge in [0.2, 0.25) is 0 Å². The summed E-state index contributed by atoms with van der Waals surface area (Å²) in [5.74, 6) is -0.379. The third-order valence-corrected chi connectivity index (χ3v) is 3.42. The van der Waals surface area contributed by atoms with Crippen molar-refractivity contribution in [2.24, 2.45) is 0 Å². The van der Waals surface area contributed by atoms with E-state index in [1.165, 1.54) is 12.3 Å². The minimum absolute atomic E-state index is 0.146. The third kappa shape index (κ3) is 2.36. The van der Waals surface area contributed by atoms with E-state index >= 15 is 0 Å². The Balaban J connectivity index is 1.65. The number of anilines is 1. The highest BCUT2D eigenvalue weighted by atomic mass is 19.1. The van der Waals surface area contributed by atoms with Gasteiger partial charge in [-0.3, -0.25) is 4.79 Å². The van der Waals surface area contributed by atoms with Crippen LogP contribution in [0.4, 0.5) is 10.1 Å².